The van der Waals surface area contributed by atoms with Gasteiger partial charge in [0.2, 0.25) is 0 Å². The molecule has 0 bridgehead atoms. The summed E-state index contributed by atoms with van der Waals surface area (Å²) in [6, 6.07) is 5.29. The van der Waals surface area contributed by atoms with Gasteiger partial charge in [-0.15, -0.1) is 0 Å². The molecule has 0 saturated heterocycles. The van der Waals surface area contributed by atoms with Crippen molar-refractivity contribution in [1.82, 2.24) is 0 Å². The van der Waals surface area contributed by atoms with Crippen LogP contribution in [0.3, 0.4) is 0 Å². The molecular formula is C13H15ClO3. The van der Waals surface area contributed by atoms with Gasteiger partial charge < -0.3 is 9.84 Å². The van der Waals surface area contributed by atoms with Crippen LogP contribution in [0.4, 0.5) is 0 Å². The summed E-state index contributed by atoms with van der Waals surface area (Å²) in [7, 11) is 0. The summed E-state index contributed by atoms with van der Waals surface area (Å²) in [6.07, 6.45) is 2.33. The largest absolute Gasteiger partial charge is 0.492 e. The maximum Gasteiger partial charge on any atom is 0.314 e. The number of carbonyl (C=O) groups is 1. The minimum atomic E-state index is -0.760. The van der Waals surface area contributed by atoms with Gasteiger partial charge in [-0.05, 0) is 37.5 Å². The van der Waals surface area contributed by atoms with Gasteiger partial charge in [0.15, 0.2) is 0 Å². The van der Waals surface area contributed by atoms with E-state index in [-0.39, 0.29) is 0 Å². The molecule has 0 aliphatic heterocycles. The van der Waals surface area contributed by atoms with Crippen molar-refractivity contribution in [2.75, 3.05) is 6.61 Å². The van der Waals surface area contributed by atoms with Crippen LogP contribution in [0.5, 0.6) is 5.75 Å². The number of carboxylic acid groups (broad SMARTS) is 1. The summed E-state index contributed by atoms with van der Waals surface area (Å²) in [5.41, 5.74) is 0.0543. The van der Waals surface area contributed by atoms with E-state index in [1.165, 1.54) is 0 Å². The van der Waals surface area contributed by atoms with E-state index in [0.717, 1.165) is 12.0 Å². The minimum Gasteiger partial charge on any atom is -0.492 e. The topological polar surface area (TPSA) is 46.5 Å². The fraction of sp³-hybridized carbons (Fsp3) is 0.462. The van der Waals surface area contributed by atoms with Crippen molar-refractivity contribution in [3.8, 4) is 5.75 Å². The van der Waals surface area contributed by atoms with Crippen LogP contribution >= 0.6 is 11.6 Å². The Morgan fingerprint density at radius 2 is 2.24 bits per heavy atom. The molecule has 17 heavy (non-hydrogen) atoms. The molecule has 0 spiro atoms. The first-order valence-electron chi connectivity index (χ1n) is 5.76. The van der Waals surface area contributed by atoms with Crippen LogP contribution in [0.25, 0.3) is 0 Å². The highest BCUT2D eigenvalue weighted by atomic mass is 35.5. The second kappa shape index (κ2) is 4.57. The van der Waals surface area contributed by atoms with Gasteiger partial charge in [-0.2, -0.15) is 0 Å². The number of carboxylic acids is 1. The zero-order chi connectivity index (χ0) is 12.5. The molecule has 0 heterocycles. The molecule has 0 aromatic heterocycles. The lowest BCUT2D eigenvalue weighted by Gasteiger charge is -2.38. The average Bonchev–Trinajstić information content (AvgIpc) is 2.20. The van der Waals surface area contributed by atoms with E-state index in [1.54, 1.807) is 12.1 Å². The van der Waals surface area contributed by atoms with Crippen LogP contribution in [-0.2, 0) is 10.2 Å². The molecule has 0 unspecified atom stereocenters. The maximum absolute atomic E-state index is 11.4. The van der Waals surface area contributed by atoms with Crippen molar-refractivity contribution < 1.29 is 14.6 Å². The lowest BCUT2D eigenvalue weighted by molar-refractivity contribution is -0.147. The molecular weight excluding hydrogens is 240 g/mol. The zero-order valence-electron chi connectivity index (χ0n) is 9.70. The summed E-state index contributed by atoms with van der Waals surface area (Å²) in [5, 5.41) is 9.81. The van der Waals surface area contributed by atoms with Crippen LogP contribution in [0.2, 0.25) is 5.02 Å². The number of aliphatic carboxylic acids is 1. The number of halogens is 1. The molecule has 4 heteroatoms. The molecule has 1 saturated carbocycles. The Bertz CT molecular complexity index is 438. The average molecular weight is 255 g/mol. The third kappa shape index (κ3) is 2.00. The van der Waals surface area contributed by atoms with Crippen molar-refractivity contribution in [2.45, 2.75) is 31.6 Å². The highest BCUT2D eigenvalue weighted by Crippen LogP contribution is 2.45. The lowest BCUT2D eigenvalue weighted by Crippen LogP contribution is -2.42. The van der Waals surface area contributed by atoms with E-state index < -0.39 is 11.4 Å². The lowest BCUT2D eigenvalue weighted by atomic mass is 9.64. The Morgan fingerprint density at radius 1 is 1.53 bits per heavy atom. The maximum atomic E-state index is 11.4. The number of ether oxygens (including phenoxy) is 1. The van der Waals surface area contributed by atoms with Crippen LogP contribution in [0.1, 0.15) is 31.7 Å². The first kappa shape index (κ1) is 12.2. The summed E-state index contributed by atoms with van der Waals surface area (Å²) in [6.45, 7) is 2.43. The van der Waals surface area contributed by atoms with Gasteiger partial charge in [-0.1, -0.05) is 24.1 Å². The summed E-state index contributed by atoms with van der Waals surface area (Å²) >= 11 is 6.08. The van der Waals surface area contributed by atoms with Crippen molar-refractivity contribution in [3.63, 3.8) is 0 Å². The Hall–Kier alpha value is -1.22. The van der Waals surface area contributed by atoms with E-state index in [2.05, 4.69) is 0 Å². The number of benzene rings is 1. The van der Waals surface area contributed by atoms with Gasteiger partial charge in [0.05, 0.1) is 17.0 Å². The second-order valence-corrected chi connectivity index (χ2v) is 4.73. The molecule has 92 valence electrons. The zero-order valence-corrected chi connectivity index (χ0v) is 10.5. The van der Waals surface area contributed by atoms with Crippen LogP contribution in [-0.4, -0.2) is 17.7 Å². The van der Waals surface area contributed by atoms with Crippen LogP contribution in [0, 0.1) is 0 Å². The minimum absolute atomic E-state index is 0.483. The van der Waals surface area contributed by atoms with E-state index in [0.29, 0.717) is 30.2 Å². The molecule has 0 radical (unpaired) electrons. The number of hydrogen-bond acceptors (Lipinski definition) is 2. The predicted molar refractivity (Wildman–Crippen MR) is 65.8 cm³/mol. The summed E-state index contributed by atoms with van der Waals surface area (Å²) in [4.78, 5) is 11.4. The molecule has 1 aliphatic carbocycles. The summed E-state index contributed by atoms with van der Waals surface area (Å²) in [5.74, 6) is -0.151. The third-order valence-electron chi connectivity index (χ3n) is 3.40. The number of rotatable bonds is 4. The van der Waals surface area contributed by atoms with Crippen molar-refractivity contribution in [2.24, 2.45) is 0 Å². The fourth-order valence-corrected chi connectivity index (χ4v) is 2.46. The highest BCUT2D eigenvalue weighted by molar-refractivity contribution is 6.32. The van der Waals surface area contributed by atoms with E-state index in [9.17, 15) is 9.90 Å². The Kier molecular flexibility index (Phi) is 3.29. The molecule has 1 aromatic carbocycles. The van der Waals surface area contributed by atoms with Gasteiger partial charge in [0, 0.05) is 0 Å². The van der Waals surface area contributed by atoms with Crippen molar-refractivity contribution in [1.29, 1.82) is 0 Å². The third-order valence-corrected chi connectivity index (χ3v) is 3.70. The second-order valence-electron chi connectivity index (χ2n) is 4.32. The molecule has 0 amide bonds. The fourth-order valence-electron chi connectivity index (χ4n) is 2.23. The summed E-state index contributed by atoms with van der Waals surface area (Å²) < 4.78 is 5.34. The van der Waals surface area contributed by atoms with Gasteiger partial charge in [-0.25, -0.2) is 0 Å². The standard InChI is InChI=1S/C13H15ClO3/c1-2-17-11-5-4-9(8-10(11)14)13(12(15)16)6-3-7-13/h4-5,8H,2-3,6-7H2,1H3,(H,15,16). The Balaban J connectivity index is 2.34. The quantitative estimate of drug-likeness (QED) is 0.897. The molecule has 3 nitrogen and oxygen atoms in total. The van der Waals surface area contributed by atoms with Crippen molar-refractivity contribution >= 4 is 17.6 Å². The molecule has 2 rings (SSSR count). The van der Waals surface area contributed by atoms with Crippen LogP contribution in [0.15, 0.2) is 18.2 Å². The predicted octanol–water partition coefficient (Wildman–Crippen LogP) is 3.25. The molecule has 1 aliphatic rings. The van der Waals surface area contributed by atoms with Crippen LogP contribution < -0.4 is 4.74 Å². The van der Waals surface area contributed by atoms with Gasteiger partial charge in [0.1, 0.15) is 5.75 Å². The Morgan fingerprint density at radius 3 is 2.65 bits per heavy atom. The van der Waals surface area contributed by atoms with Crippen molar-refractivity contribution in [3.05, 3.63) is 28.8 Å². The molecule has 1 N–H and O–H groups in total. The normalized spacial score (nSPS) is 17.3. The van der Waals surface area contributed by atoms with E-state index in [4.69, 9.17) is 16.3 Å². The molecule has 1 aromatic rings. The highest BCUT2D eigenvalue weighted by Gasteiger charge is 2.46. The first-order chi connectivity index (χ1) is 8.10. The first-order valence-corrected chi connectivity index (χ1v) is 6.14. The molecule has 1 fully saturated rings. The van der Waals surface area contributed by atoms with Gasteiger partial charge >= 0.3 is 5.97 Å². The van der Waals surface area contributed by atoms with Gasteiger partial charge in [0.25, 0.3) is 0 Å². The molecule has 0 atom stereocenters. The smallest absolute Gasteiger partial charge is 0.314 e. The van der Waals surface area contributed by atoms with E-state index in [1.807, 2.05) is 13.0 Å². The monoisotopic (exact) mass is 254 g/mol. The van der Waals surface area contributed by atoms with E-state index >= 15 is 0 Å². The SMILES string of the molecule is CCOc1ccc(C2(C(=O)O)CCC2)cc1Cl. The number of hydrogen-bond donors (Lipinski definition) is 1. The van der Waals surface area contributed by atoms with Gasteiger partial charge in [-0.3, -0.25) is 4.79 Å². The Labute approximate surface area is 105 Å².